The van der Waals surface area contributed by atoms with Gasteiger partial charge in [-0.3, -0.25) is 0 Å². The summed E-state index contributed by atoms with van der Waals surface area (Å²) in [5.41, 5.74) is 2.98. The number of nitrogens with zero attached hydrogens (tertiary/aromatic N) is 2. The minimum Gasteiger partial charge on any atom is -0.373 e. The summed E-state index contributed by atoms with van der Waals surface area (Å²) in [4.78, 5) is 8.94. The molecule has 0 radical (unpaired) electrons. The van der Waals surface area contributed by atoms with E-state index >= 15 is 0 Å². The molecule has 2 aromatic heterocycles. The molecule has 3 nitrogen and oxygen atoms in total. The van der Waals surface area contributed by atoms with E-state index in [-0.39, 0.29) is 0 Å². The summed E-state index contributed by atoms with van der Waals surface area (Å²) in [7, 11) is 1.86. The molecule has 3 rings (SSSR count). The van der Waals surface area contributed by atoms with Gasteiger partial charge in [0, 0.05) is 24.2 Å². The molecule has 0 spiro atoms. The van der Waals surface area contributed by atoms with E-state index in [0.29, 0.717) is 0 Å². The maximum Gasteiger partial charge on any atom is 0.125 e. The fourth-order valence-electron chi connectivity index (χ4n) is 1.92. The number of fused-ring (bicyclic) bond motifs is 1. The van der Waals surface area contributed by atoms with Crippen LogP contribution in [0.4, 0.5) is 5.82 Å². The third kappa shape index (κ3) is 1.91. The highest BCUT2D eigenvalue weighted by Crippen LogP contribution is 2.20. The largest absolute Gasteiger partial charge is 0.373 e. The zero-order chi connectivity index (χ0) is 12.4. The lowest BCUT2D eigenvalue weighted by atomic mass is 10.1. The van der Waals surface area contributed by atoms with Gasteiger partial charge in [-0.2, -0.15) is 0 Å². The summed E-state index contributed by atoms with van der Waals surface area (Å²) in [5.74, 6) is 0.861. The monoisotopic (exact) mass is 235 g/mol. The molecule has 0 atom stereocenters. The molecule has 1 aromatic carbocycles. The number of hydrogen-bond acceptors (Lipinski definition) is 3. The molecule has 88 valence electrons. The second kappa shape index (κ2) is 4.45. The first-order valence-electron chi connectivity index (χ1n) is 5.87. The highest BCUT2D eigenvalue weighted by molar-refractivity contribution is 5.81. The van der Waals surface area contributed by atoms with Gasteiger partial charge in [-0.05, 0) is 24.3 Å². The van der Waals surface area contributed by atoms with Gasteiger partial charge in [-0.25, -0.2) is 9.97 Å². The summed E-state index contributed by atoms with van der Waals surface area (Å²) in [6, 6.07) is 16.2. The number of pyridine rings is 2. The van der Waals surface area contributed by atoms with Crippen molar-refractivity contribution in [2.45, 2.75) is 0 Å². The van der Waals surface area contributed by atoms with Crippen LogP contribution >= 0.6 is 0 Å². The van der Waals surface area contributed by atoms with Crippen molar-refractivity contribution in [2.75, 3.05) is 12.4 Å². The Kier molecular flexibility index (Phi) is 2.65. The van der Waals surface area contributed by atoms with Crippen molar-refractivity contribution in [2.24, 2.45) is 0 Å². The lowest BCUT2D eigenvalue weighted by Crippen LogP contribution is -1.92. The van der Waals surface area contributed by atoms with Crippen molar-refractivity contribution in [3.63, 3.8) is 0 Å². The van der Waals surface area contributed by atoms with E-state index in [4.69, 9.17) is 0 Å². The van der Waals surface area contributed by atoms with Gasteiger partial charge >= 0.3 is 0 Å². The van der Waals surface area contributed by atoms with Crippen LogP contribution in [0.5, 0.6) is 0 Å². The Bertz CT molecular complexity index is 675. The number of hydrogen-bond donors (Lipinski definition) is 1. The van der Waals surface area contributed by atoms with E-state index in [0.717, 1.165) is 28.0 Å². The van der Waals surface area contributed by atoms with Gasteiger partial charge in [0.05, 0.1) is 11.2 Å². The van der Waals surface area contributed by atoms with E-state index in [1.807, 2.05) is 49.6 Å². The van der Waals surface area contributed by atoms with Gasteiger partial charge in [-0.1, -0.05) is 24.3 Å². The minimum absolute atomic E-state index is 0.861. The average Bonchev–Trinajstić information content (AvgIpc) is 2.47. The predicted molar refractivity (Wildman–Crippen MR) is 74.5 cm³/mol. The molecule has 2 heterocycles. The standard InChI is InChI=1S/C15H13N3/c1-16-15-9-7-12(10-17-15)14-8-6-11-4-2-3-5-13(11)18-14/h2-10H,1H3,(H,16,17). The molecule has 0 aliphatic rings. The fraction of sp³-hybridized carbons (Fsp3) is 0.0667. The highest BCUT2D eigenvalue weighted by atomic mass is 14.9. The molecule has 1 N–H and O–H groups in total. The topological polar surface area (TPSA) is 37.8 Å². The molecule has 3 aromatic rings. The van der Waals surface area contributed by atoms with E-state index in [1.165, 1.54) is 0 Å². The van der Waals surface area contributed by atoms with Crippen LogP contribution in [0, 0.1) is 0 Å². The van der Waals surface area contributed by atoms with Crippen LogP contribution in [0.3, 0.4) is 0 Å². The molecule has 0 saturated heterocycles. The van der Waals surface area contributed by atoms with E-state index in [1.54, 1.807) is 0 Å². The smallest absolute Gasteiger partial charge is 0.125 e. The number of para-hydroxylation sites is 1. The van der Waals surface area contributed by atoms with Gasteiger partial charge in [0.1, 0.15) is 5.82 Å². The summed E-state index contributed by atoms with van der Waals surface area (Å²) in [5, 5.41) is 4.16. The van der Waals surface area contributed by atoms with Crippen molar-refractivity contribution >= 4 is 16.7 Å². The lowest BCUT2D eigenvalue weighted by molar-refractivity contribution is 1.27. The normalized spacial score (nSPS) is 10.5. The number of aromatic nitrogens is 2. The molecule has 0 aliphatic carbocycles. The third-order valence-electron chi connectivity index (χ3n) is 2.91. The molecule has 0 aliphatic heterocycles. The van der Waals surface area contributed by atoms with Gasteiger partial charge in [0.2, 0.25) is 0 Å². The Morgan fingerprint density at radius 1 is 0.944 bits per heavy atom. The Labute approximate surface area is 106 Å². The lowest BCUT2D eigenvalue weighted by Gasteiger charge is -2.04. The summed E-state index contributed by atoms with van der Waals surface area (Å²) >= 11 is 0. The van der Waals surface area contributed by atoms with Crippen LogP contribution in [-0.2, 0) is 0 Å². The number of benzene rings is 1. The first kappa shape index (κ1) is 10.7. The Morgan fingerprint density at radius 2 is 1.83 bits per heavy atom. The van der Waals surface area contributed by atoms with Crippen LogP contribution in [0.2, 0.25) is 0 Å². The molecule has 0 fully saturated rings. The van der Waals surface area contributed by atoms with Crippen LogP contribution in [0.25, 0.3) is 22.2 Å². The molecule has 0 amide bonds. The molecule has 0 bridgehead atoms. The number of anilines is 1. The number of nitrogens with one attached hydrogen (secondary N) is 1. The molecule has 18 heavy (non-hydrogen) atoms. The summed E-state index contributed by atoms with van der Waals surface area (Å²) in [6.07, 6.45) is 1.84. The van der Waals surface area contributed by atoms with E-state index in [2.05, 4.69) is 27.4 Å². The summed E-state index contributed by atoms with van der Waals surface area (Å²) in [6.45, 7) is 0. The maximum atomic E-state index is 4.64. The van der Waals surface area contributed by atoms with Crippen molar-refractivity contribution in [3.8, 4) is 11.3 Å². The van der Waals surface area contributed by atoms with Crippen molar-refractivity contribution in [1.29, 1.82) is 0 Å². The summed E-state index contributed by atoms with van der Waals surface area (Å²) < 4.78 is 0. The molecule has 0 saturated carbocycles. The quantitative estimate of drug-likeness (QED) is 0.740. The van der Waals surface area contributed by atoms with Gasteiger partial charge in [0.25, 0.3) is 0 Å². The van der Waals surface area contributed by atoms with Crippen molar-refractivity contribution in [3.05, 3.63) is 54.7 Å². The maximum absolute atomic E-state index is 4.64. The minimum atomic E-state index is 0.861. The molecular weight excluding hydrogens is 222 g/mol. The zero-order valence-electron chi connectivity index (χ0n) is 10.1. The average molecular weight is 235 g/mol. The van der Waals surface area contributed by atoms with Gasteiger partial charge < -0.3 is 5.32 Å². The highest BCUT2D eigenvalue weighted by Gasteiger charge is 2.01. The Morgan fingerprint density at radius 3 is 2.61 bits per heavy atom. The molecule has 0 unspecified atom stereocenters. The van der Waals surface area contributed by atoms with Crippen molar-refractivity contribution < 1.29 is 0 Å². The first-order valence-corrected chi connectivity index (χ1v) is 5.87. The van der Waals surface area contributed by atoms with Crippen LogP contribution in [-0.4, -0.2) is 17.0 Å². The zero-order valence-corrected chi connectivity index (χ0v) is 10.1. The third-order valence-corrected chi connectivity index (χ3v) is 2.91. The number of rotatable bonds is 2. The first-order chi connectivity index (χ1) is 8.86. The Hall–Kier alpha value is -2.42. The van der Waals surface area contributed by atoms with Gasteiger partial charge in [0.15, 0.2) is 0 Å². The van der Waals surface area contributed by atoms with Crippen LogP contribution in [0.1, 0.15) is 0 Å². The van der Waals surface area contributed by atoms with Crippen LogP contribution in [0.15, 0.2) is 54.7 Å². The Balaban J connectivity index is 2.07. The predicted octanol–water partition coefficient (Wildman–Crippen LogP) is 3.34. The second-order valence-electron chi connectivity index (χ2n) is 4.07. The van der Waals surface area contributed by atoms with Gasteiger partial charge in [-0.15, -0.1) is 0 Å². The second-order valence-corrected chi connectivity index (χ2v) is 4.07. The molecule has 3 heteroatoms. The SMILES string of the molecule is CNc1ccc(-c2ccc3ccccc3n2)cn1. The van der Waals surface area contributed by atoms with Crippen molar-refractivity contribution in [1.82, 2.24) is 9.97 Å². The molecular formula is C15H13N3. The van der Waals surface area contributed by atoms with Crippen LogP contribution < -0.4 is 5.32 Å². The fourth-order valence-corrected chi connectivity index (χ4v) is 1.92. The van der Waals surface area contributed by atoms with E-state index in [9.17, 15) is 0 Å². The van der Waals surface area contributed by atoms with E-state index < -0.39 is 0 Å².